The first-order valence-corrected chi connectivity index (χ1v) is 8.93. The van der Waals surface area contributed by atoms with Crippen LogP contribution in [0, 0.1) is 6.92 Å². The van der Waals surface area contributed by atoms with E-state index in [2.05, 4.69) is 20.6 Å². The molecule has 1 atom stereocenters. The molecule has 0 saturated carbocycles. The molecule has 28 heavy (non-hydrogen) atoms. The summed E-state index contributed by atoms with van der Waals surface area (Å²) in [5, 5.41) is 6.29. The van der Waals surface area contributed by atoms with E-state index < -0.39 is 11.7 Å². The average molecular weight is 506 g/mol. The van der Waals surface area contributed by atoms with Crippen molar-refractivity contribution < 1.29 is 13.2 Å². The number of benzene rings is 1. The zero-order valence-corrected chi connectivity index (χ0v) is 18.5. The molecule has 0 aliphatic carbocycles. The summed E-state index contributed by atoms with van der Waals surface area (Å²) in [5.74, 6) is 0.572. The molecule has 8 heteroatoms. The van der Waals surface area contributed by atoms with E-state index in [9.17, 15) is 13.2 Å². The second kappa shape index (κ2) is 11.2. The molecule has 1 aromatic carbocycles. The van der Waals surface area contributed by atoms with Gasteiger partial charge in [-0.15, -0.1) is 24.0 Å². The molecule has 2 aromatic rings. The summed E-state index contributed by atoms with van der Waals surface area (Å²) in [5.41, 5.74) is 1.96. The van der Waals surface area contributed by atoms with Gasteiger partial charge in [0.25, 0.3) is 0 Å². The van der Waals surface area contributed by atoms with E-state index in [1.165, 1.54) is 12.1 Å². The minimum Gasteiger partial charge on any atom is -0.357 e. The molecule has 4 nitrogen and oxygen atoms in total. The van der Waals surface area contributed by atoms with Crippen molar-refractivity contribution in [3.63, 3.8) is 0 Å². The van der Waals surface area contributed by atoms with Crippen LogP contribution in [0.4, 0.5) is 13.2 Å². The molecule has 0 bridgehead atoms. The Bertz CT molecular complexity index is 761. The van der Waals surface area contributed by atoms with Crippen molar-refractivity contribution in [1.29, 1.82) is 0 Å². The van der Waals surface area contributed by atoms with E-state index in [-0.39, 0.29) is 30.0 Å². The number of nitrogens with one attached hydrogen (secondary N) is 2. The smallest absolute Gasteiger partial charge is 0.357 e. The van der Waals surface area contributed by atoms with Gasteiger partial charge in [0.1, 0.15) is 0 Å². The van der Waals surface area contributed by atoms with Gasteiger partial charge in [0.2, 0.25) is 0 Å². The van der Waals surface area contributed by atoms with Crippen molar-refractivity contribution in [1.82, 2.24) is 15.6 Å². The molecule has 0 radical (unpaired) electrons. The molecule has 0 aliphatic rings. The Labute approximate surface area is 181 Å². The Morgan fingerprint density at radius 1 is 1.21 bits per heavy atom. The lowest BCUT2D eigenvalue weighted by Gasteiger charge is -2.19. The van der Waals surface area contributed by atoms with Crippen LogP contribution in [-0.4, -0.2) is 24.0 Å². The first-order chi connectivity index (χ1) is 12.8. The lowest BCUT2D eigenvalue weighted by atomic mass is 10.1. The van der Waals surface area contributed by atoms with Crippen molar-refractivity contribution in [3.05, 3.63) is 65.0 Å². The first kappa shape index (κ1) is 24.2. The van der Waals surface area contributed by atoms with Crippen LogP contribution in [-0.2, 0) is 12.6 Å². The van der Waals surface area contributed by atoms with Crippen molar-refractivity contribution in [2.24, 2.45) is 4.99 Å². The average Bonchev–Trinajstić information content (AvgIpc) is 2.63. The Morgan fingerprint density at radius 2 is 1.96 bits per heavy atom. The van der Waals surface area contributed by atoms with Crippen molar-refractivity contribution >= 4 is 29.9 Å². The van der Waals surface area contributed by atoms with Crippen LogP contribution in [0.3, 0.4) is 0 Å². The highest BCUT2D eigenvalue weighted by Gasteiger charge is 2.30. The largest absolute Gasteiger partial charge is 0.416 e. The highest BCUT2D eigenvalue weighted by molar-refractivity contribution is 14.0. The molecule has 2 N–H and O–H groups in total. The van der Waals surface area contributed by atoms with Gasteiger partial charge in [0.15, 0.2) is 5.96 Å². The number of rotatable bonds is 6. The van der Waals surface area contributed by atoms with Gasteiger partial charge in [-0.05, 0) is 56.5 Å². The first-order valence-electron chi connectivity index (χ1n) is 8.93. The predicted octanol–water partition coefficient (Wildman–Crippen LogP) is 4.89. The van der Waals surface area contributed by atoms with E-state index in [0.717, 1.165) is 23.7 Å². The van der Waals surface area contributed by atoms with Crippen molar-refractivity contribution in [3.8, 4) is 0 Å². The molecule has 0 aliphatic heterocycles. The Balaban J connectivity index is 0.00000392. The van der Waals surface area contributed by atoms with Crippen molar-refractivity contribution in [2.75, 3.05) is 13.1 Å². The van der Waals surface area contributed by atoms with E-state index in [0.29, 0.717) is 24.6 Å². The van der Waals surface area contributed by atoms with E-state index in [1.807, 2.05) is 39.1 Å². The van der Waals surface area contributed by atoms with Crippen LogP contribution in [0.25, 0.3) is 0 Å². The monoisotopic (exact) mass is 506 g/mol. The summed E-state index contributed by atoms with van der Waals surface area (Å²) < 4.78 is 38.7. The fourth-order valence-corrected chi connectivity index (χ4v) is 2.54. The van der Waals surface area contributed by atoms with Crippen LogP contribution in [0.15, 0.2) is 47.6 Å². The third-order valence-electron chi connectivity index (χ3n) is 4.05. The third-order valence-corrected chi connectivity index (χ3v) is 4.05. The molecular formula is C20H26F3IN4. The maximum absolute atomic E-state index is 12.9. The summed E-state index contributed by atoms with van der Waals surface area (Å²) in [6.45, 7) is 6.90. The molecule has 1 aromatic heterocycles. The van der Waals surface area contributed by atoms with Gasteiger partial charge in [0.05, 0.1) is 11.6 Å². The number of aromatic nitrogens is 1. The van der Waals surface area contributed by atoms with Crippen LogP contribution in [0.5, 0.6) is 0 Å². The fraction of sp³-hybridized carbons (Fsp3) is 0.400. The molecule has 1 unspecified atom stereocenters. The predicted molar refractivity (Wildman–Crippen MR) is 117 cm³/mol. The Morgan fingerprint density at radius 3 is 2.57 bits per heavy atom. The van der Waals surface area contributed by atoms with Gasteiger partial charge < -0.3 is 10.6 Å². The lowest BCUT2D eigenvalue weighted by molar-refractivity contribution is -0.137. The summed E-state index contributed by atoms with van der Waals surface area (Å²) in [7, 11) is 0. The highest BCUT2D eigenvalue weighted by atomic mass is 127. The molecule has 154 valence electrons. The summed E-state index contributed by atoms with van der Waals surface area (Å²) in [6, 6.07) is 9.00. The SMILES string of the molecule is CCNC(=NCCc1ccc(C)nc1)NC(C)c1cccc(C(F)(F)F)c1.I. The van der Waals surface area contributed by atoms with Crippen molar-refractivity contribution in [2.45, 2.75) is 39.4 Å². The van der Waals surface area contributed by atoms with Crippen LogP contribution in [0.1, 0.15) is 42.3 Å². The number of alkyl halides is 3. The number of aryl methyl sites for hydroxylation is 1. The van der Waals surface area contributed by atoms with Crippen LogP contribution < -0.4 is 10.6 Å². The number of hydrogen-bond acceptors (Lipinski definition) is 2. The molecule has 0 spiro atoms. The summed E-state index contributed by atoms with van der Waals surface area (Å²) in [4.78, 5) is 8.77. The number of aliphatic imine (C=N–C) groups is 1. The summed E-state index contributed by atoms with van der Waals surface area (Å²) >= 11 is 0. The van der Waals surface area contributed by atoms with E-state index in [1.54, 1.807) is 6.07 Å². The normalized spacial score (nSPS) is 12.9. The van der Waals surface area contributed by atoms with E-state index >= 15 is 0 Å². The molecule has 2 rings (SSSR count). The highest BCUT2D eigenvalue weighted by Crippen LogP contribution is 2.30. The molecular weight excluding hydrogens is 480 g/mol. The molecule has 0 fully saturated rings. The summed E-state index contributed by atoms with van der Waals surface area (Å²) in [6.07, 6.45) is -1.78. The second-order valence-corrected chi connectivity index (χ2v) is 6.31. The van der Waals surface area contributed by atoms with Gasteiger partial charge >= 0.3 is 6.18 Å². The quantitative estimate of drug-likeness (QED) is 0.334. The van der Waals surface area contributed by atoms with Gasteiger partial charge in [-0.25, -0.2) is 0 Å². The minimum absolute atomic E-state index is 0. The standard InChI is InChI=1S/C20H25F3N4.HI/c1-4-24-19(25-11-10-16-9-8-14(2)26-13-16)27-15(3)17-6-5-7-18(12-17)20(21,22)23;/h5-9,12-13,15H,4,10-11H2,1-3H3,(H2,24,25,27);1H. The number of halogens is 4. The van der Waals surface area contributed by atoms with Gasteiger partial charge in [0, 0.05) is 25.0 Å². The third kappa shape index (κ3) is 7.65. The second-order valence-electron chi connectivity index (χ2n) is 6.31. The number of guanidine groups is 1. The van der Waals surface area contributed by atoms with Gasteiger partial charge in [-0.2, -0.15) is 13.2 Å². The maximum atomic E-state index is 12.9. The lowest BCUT2D eigenvalue weighted by Crippen LogP contribution is -2.39. The maximum Gasteiger partial charge on any atom is 0.416 e. The zero-order valence-electron chi connectivity index (χ0n) is 16.2. The Hall–Kier alpha value is -1.84. The van der Waals surface area contributed by atoms with E-state index in [4.69, 9.17) is 0 Å². The molecule has 1 heterocycles. The molecule has 0 saturated heterocycles. The number of nitrogens with zero attached hydrogens (tertiary/aromatic N) is 2. The van der Waals surface area contributed by atoms with Crippen LogP contribution >= 0.6 is 24.0 Å². The Kier molecular flexibility index (Phi) is 9.71. The van der Waals surface area contributed by atoms with Gasteiger partial charge in [-0.1, -0.05) is 18.2 Å². The van der Waals surface area contributed by atoms with Crippen LogP contribution in [0.2, 0.25) is 0 Å². The topological polar surface area (TPSA) is 49.3 Å². The minimum atomic E-state index is -4.35. The number of pyridine rings is 1. The van der Waals surface area contributed by atoms with Gasteiger partial charge in [-0.3, -0.25) is 9.98 Å². The number of hydrogen-bond donors (Lipinski definition) is 2. The molecule has 0 amide bonds. The zero-order chi connectivity index (χ0) is 19.9. The fourth-order valence-electron chi connectivity index (χ4n) is 2.54.